The highest BCUT2D eigenvalue weighted by atomic mass is 16.6. The van der Waals surface area contributed by atoms with Crippen LogP contribution in [0.15, 0.2) is 18.2 Å². The molecular formula is C13H17N3O3. The molecule has 1 aromatic rings. The van der Waals surface area contributed by atoms with Gasteiger partial charge >= 0.3 is 0 Å². The monoisotopic (exact) mass is 263 g/mol. The molecule has 1 atom stereocenters. The van der Waals surface area contributed by atoms with Crippen LogP contribution in [0.1, 0.15) is 29.3 Å². The predicted molar refractivity (Wildman–Crippen MR) is 71.2 cm³/mol. The maximum Gasteiger partial charge on any atom is 0.282 e. The molecule has 19 heavy (non-hydrogen) atoms. The lowest BCUT2D eigenvalue weighted by Crippen LogP contribution is -2.47. The molecule has 1 unspecified atom stereocenters. The first-order chi connectivity index (χ1) is 8.93. The molecule has 0 radical (unpaired) electrons. The summed E-state index contributed by atoms with van der Waals surface area (Å²) in [5.74, 6) is -0.379. The number of nitrogens with zero attached hydrogens (tertiary/aromatic N) is 1. The van der Waals surface area contributed by atoms with E-state index >= 15 is 0 Å². The first-order valence-corrected chi connectivity index (χ1v) is 6.20. The molecule has 6 heteroatoms. The average molecular weight is 263 g/mol. The molecule has 1 saturated heterocycles. The minimum Gasteiger partial charge on any atom is -0.345 e. The third-order valence-corrected chi connectivity index (χ3v) is 3.46. The Morgan fingerprint density at radius 1 is 1.53 bits per heavy atom. The van der Waals surface area contributed by atoms with Crippen molar-refractivity contribution < 1.29 is 9.72 Å². The number of carbonyl (C=O) groups excluding carboxylic acids is 1. The average Bonchev–Trinajstić information content (AvgIpc) is 2.74. The number of amides is 1. The molecular weight excluding hydrogens is 246 g/mol. The fourth-order valence-electron chi connectivity index (χ4n) is 2.36. The van der Waals surface area contributed by atoms with Crippen LogP contribution < -0.4 is 10.6 Å². The lowest BCUT2D eigenvalue weighted by atomic mass is 9.99. The molecule has 6 nitrogen and oxygen atoms in total. The van der Waals surface area contributed by atoms with Crippen LogP contribution in [-0.4, -0.2) is 29.5 Å². The Labute approximate surface area is 111 Å². The summed E-state index contributed by atoms with van der Waals surface area (Å²) >= 11 is 0. The quantitative estimate of drug-likeness (QED) is 0.637. The van der Waals surface area contributed by atoms with Gasteiger partial charge in [0, 0.05) is 12.6 Å². The third kappa shape index (κ3) is 2.73. The highest BCUT2D eigenvalue weighted by Gasteiger charge is 2.32. The van der Waals surface area contributed by atoms with Gasteiger partial charge in [-0.25, -0.2) is 0 Å². The van der Waals surface area contributed by atoms with Gasteiger partial charge in [0.25, 0.3) is 11.6 Å². The summed E-state index contributed by atoms with van der Waals surface area (Å²) in [7, 11) is 0. The Kier molecular flexibility index (Phi) is 3.53. The second kappa shape index (κ2) is 4.97. The molecule has 102 valence electrons. The van der Waals surface area contributed by atoms with Crippen LogP contribution in [-0.2, 0) is 0 Å². The normalized spacial score (nSPS) is 22.2. The topological polar surface area (TPSA) is 84.3 Å². The maximum absolute atomic E-state index is 12.3. The molecule has 0 aliphatic carbocycles. The van der Waals surface area contributed by atoms with Crippen LogP contribution in [0.5, 0.6) is 0 Å². The van der Waals surface area contributed by atoms with Gasteiger partial charge in [0.05, 0.1) is 10.5 Å². The van der Waals surface area contributed by atoms with E-state index in [-0.39, 0.29) is 22.7 Å². The van der Waals surface area contributed by atoms with Crippen molar-refractivity contribution in [1.29, 1.82) is 0 Å². The van der Waals surface area contributed by atoms with E-state index in [9.17, 15) is 14.9 Å². The van der Waals surface area contributed by atoms with Crippen molar-refractivity contribution in [3.8, 4) is 0 Å². The number of aryl methyl sites for hydroxylation is 1. The van der Waals surface area contributed by atoms with E-state index in [0.29, 0.717) is 12.1 Å². The number of hydrogen-bond donors (Lipinski definition) is 2. The summed E-state index contributed by atoms with van der Waals surface area (Å²) in [4.78, 5) is 22.8. The smallest absolute Gasteiger partial charge is 0.282 e. The summed E-state index contributed by atoms with van der Waals surface area (Å²) in [5, 5.41) is 17.1. The number of hydrogen-bond acceptors (Lipinski definition) is 4. The van der Waals surface area contributed by atoms with E-state index < -0.39 is 4.92 Å². The number of benzene rings is 1. The van der Waals surface area contributed by atoms with Crippen LogP contribution in [0.3, 0.4) is 0 Å². The standard InChI is InChI=1S/C13H17N3O3/c1-9-4-3-5-10(16(18)19)11(9)12(17)15-13(2)6-7-14-8-13/h3-5,14H,6-8H2,1-2H3,(H,15,17). The van der Waals surface area contributed by atoms with Gasteiger partial charge < -0.3 is 10.6 Å². The maximum atomic E-state index is 12.3. The first-order valence-electron chi connectivity index (χ1n) is 6.20. The summed E-state index contributed by atoms with van der Waals surface area (Å²) in [6.45, 7) is 5.16. The number of carbonyl (C=O) groups is 1. The summed E-state index contributed by atoms with van der Waals surface area (Å²) in [5.41, 5.74) is 0.279. The molecule has 0 spiro atoms. The van der Waals surface area contributed by atoms with Crippen molar-refractivity contribution in [2.45, 2.75) is 25.8 Å². The zero-order valence-corrected chi connectivity index (χ0v) is 11.0. The van der Waals surface area contributed by atoms with Gasteiger partial charge in [-0.2, -0.15) is 0 Å². The van der Waals surface area contributed by atoms with Gasteiger partial charge in [-0.1, -0.05) is 12.1 Å². The number of nitro benzene ring substituents is 1. The molecule has 1 heterocycles. The number of nitrogens with one attached hydrogen (secondary N) is 2. The van der Waals surface area contributed by atoms with Gasteiger partial charge in [0.1, 0.15) is 5.56 Å². The second-order valence-corrected chi connectivity index (χ2v) is 5.17. The van der Waals surface area contributed by atoms with Gasteiger partial charge in [-0.05, 0) is 32.4 Å². The second-order valence-electron chi connectivity index (χ2n) is 5.17. The molecule has 0 bridgehead atoms. The first kappa shape index (κ1) is 13.5. The largest absolute Gasteiger partial charge is 0.345 e. The highest BCUT2D eigenvalue weighted by Crippen LogP contribution is 2.23. The van der Waals surface area contributed by atoms with Gasteiger partial charge in [-0.15, -0.1) is 0 Å². The Morgan fingerprint density at radius 2 is 2.26 bits per heavy atom. The molecule has 2 N–H and O–H groups in total. The van der Waals surface area contributed by atoms with Crippen molar-refractivity contribution in [2.24, 2.45) is 0 Å². The lowest BCUT2D eigenvalue weighted by Gasteiger charge is -2.24. The minimum absolute atomic E-state index is 0.146. The van der Waals surface area contributed by atoms with Crippen LogP contribution in [0.25, 0.3) is 0 Å². The Bertz CT molecular complexity index is 522. The molecule has 2 rings (SSSR count). The fraction of sp³-hybridized carbons (Fsp3) is 0.462. The van der Waals surface area contributed by atoms with Crippen LogP contribution in [0.4, 0.5) is 5.69 Å². The summed E-state index contributed by atoms with van der Waals surface area (Å²) in [6, 6.07) is 4.65. The van der Waals surface area contributed by atoms with Crippen molar-refractivity contribution in [1.82, 2.24) is 10.6 Å². The van der Waals surface area contributed by atoms with E-state index in [2.05, 4.69) is 10.6 Å². The molecule has 0 aromatic heterocycles. The van der Waals surface area contributed by atoms with Crippen molar-refractivity contribution in [3.63, 3.8) is 0 Å². The highest BCUT2D eigenvalue weighted by molar-refractivity contribution is 6.00. The van der Waals surface area contributed by atoms with Crippen molar-refractivity contribution in [2.75, 3.05) is 13.1 Å². The number of rotatable bonds is 3. The Morgan fingerprint density at radius 3 is 2.84 bits per heavy atom. The van der Waals surface area contributed by atoms with E-state index in [0.717, 1.165) is 13.0 Å². The molecule has 0 saturated carbocycles. The molecule has 1 aliphatic heterocycles. The zero-order chi connectivity index (χ0) is 14.0. The van der Waals surface area contributed by atoms with Gasteiger partial charge in [0.2, 0.25) is 0 Å². The third-order valence-electron chi connectivity index (χ3n) is 3.46. The van der Waals surface area contributed by atoms with E-state index in [4.69, 9.17) is 0 Å². The summed E-state index contributed by atoms with van der Waals surface area (Å²) < 4.78 is 0. The van der Waals surface area contributed by atoms with Crippen LogP contribution in [0.2, 0.25) is 0 Å². The number of nitro groups is 1. The van der Waals surface area contributed by atoms with E-state index in [1.54, 1.807) is 19.1 Å². The van der Waals surface area contributed by atoms with E-state index in [1.165, 1.54) is 6.07 Å². The SMILES string of the molecule is Cc1cccc([N+](=O)[O-])c1C(=O)NC1(C)CCNC1. The van der Waals surface area contributed by atoms with Crippen molar-refractivity contribution in [3.05, 3.63) is 39.4 Å². The summed E-state index contributed by atoms with van der Waals surface area (Å²) in [6.07, 6.45) is 0.818. The van der Waals surface area contributed by atoms with Crippen LogP contribution in [0, 0.1) is 17.0 Å². The molecule has 1 amide bonds. The Balaban J connectivity index is 2.31. The molecule has 1 aromatic carbocycles. The van der Waals surface area contributed by atoms with Gasteiger partial charge in [0.15, 0.2) is 0 Å². The van der Waals surface area contributed by atoms with E-state index in [1.807, 2.05) is 6.92 Å². The van der Waals surface area contributed by atoms with Gasteiger partial charge in [-0.3, -0.25) is 14.9 Å². The Hall–Kier alpha value is -1.95. The van der Waals surface area contributed by atoms with Crippen LogP contribution >= 0.6 is 0 Å². The predicted octanol–water partition coefficient (Wildman–Crippen LogP) is 1.39. The minimum atomic E-state index is -0.517. The van der Waals surface area contributed by atoms with Crippen molar-refractivity contribution >= 4 is 11.6 Å². The zero-order valence-electron chi connectivity index (χ0n) is 11.0. The fourth-order valence-corrected chi connectivity index (χ4v) is 2.36. The molecule has 1 aliphatic rings. The molecule has 1 fully saturated rings. The lowest BCUT2D eigenvalue weighted by molar-refractivity contribution is -0.385.